The first kappa shape index (κ1) is 8.94. The molecule has 1 rings (SSSR count). The Labute approximate surface area is 75.9 Å². The van der Waals surface area contributed by atoms with E-state index in [1.165, 1.54) is 13.0 Å². The highest BCUT2D eigenvalue weighted by Crippen LogP contribution is 2.05. The fourth-order valence-electron chi connectivity index (χ4n) is 0.720. The van der Waals surface area contributed by atoms with Gasteiger partial charge in [-0.15, -0.1) is 0 Å². The Balaban J connectivity index is 2.83. The van der Waals surface area contributed by atoms with Crippen LogP contribution in [-0.2, 0) is 4.79 Å². The van der Waals surface area contributed by atoms with Crippen LogP contribution in [0, 0.1) is 0 Å². The highest BCUT2D eigenvalue weighted by molar-refractivity contribution is 6.29. The zero-order chi connectivity index (χ0) is 8.97. The third-order valence-electron chi connectivity index (χ3n) is 1.23. The van der Waals surface area contributed by atoms with Gasteiger partial charge in [0.1, 0.15) is 5.15 Å². The van der Waals surface area contributed by atoms with Gasteiger partial charge in [-0.25, -0.2) is 4.98 Å². The van der Waals surface area contributed by atoms with Crippen LogP contribution in [0.1, 0.15) is 12.6 Å². The number of hydrogen-bond donors (Lipinski definition) is 0. The van der Waals surface area contributed by atoms with Gasteiger partial charge >= 0.3 is 0 Å². The summed E-state index contributed by atoms with van der Waals surface area (Å²) in [6.45, 7) is 1.49. The maximum absolute atomic E-state index is 10.6. The Morgan fingerprint density at radius 1 is 1.58 bits per heavy atom. The van der Waals surface area contributed by atoms with E-state index in [1.54, 1.807) is 24.3 Å². The van der Waals surface area contributed by atoms with Crippen molar-refractivity contribution in [3.8, 4) is 0 Å². The van der Waals surface area contributed by atoms with Crippen LogP contribution in [0.5, 0.6) is 0 Å². The van der Waals surface area contributed by atoms with E-state index in [9.17, 15) is 4.79 Å². The molecule has 12 heavy (non-hydrogen) atoms. The van der Waals surface area contributed by atoms with Gasteiger partial charge in [0.25, 0.3) is 0 Å². The summed E-state index contributed by atoms with van der Waals surface area (Å²) >= 11 is 5.63. The largest absolute Gasteiger partial charge is 0.295 e. The van der Waals surface area contributed by atoms with Crippen molar-refractivity contribution < 1.29 is 4.79 Å². The van der Waals surface area contributed by atoms with E-state index < -0.39 is 0 Å². The Morgan fingerprint density at radius 3 is 2.92 bits per heavy atom. The van der Waals surface area contributed by atoms with Crippen molar-refractivity contribution in [1.29, 1.82) is 0 Å². The molecule has 0 bridgehead atoms. The minimum Gasteiger partial charge on any atom is -0.295 e. The van der Waals surface area contributed by atoms with Crippen molar-refractivity contribution in [1.82, 2.24) is 4.98 Å². The first-order valence-electron chi connectivity index (χ1n) is 3.50. The molecule has 0 amide bonds. The number of allylic oxidation sites excluding steroid dienone is 1. The minimum atomic E-state index is -0.00299. The lowest BCUT2D eigenvalue weighted by atomic mass is 10.3. The third kappa shape index (κ3) is 2.84. The molecular weight excluding hydrogens is 174 g/mol. The molecule has 0 N–H and O–H groups in total. The fraction of sp³-hybridized carbons (Fsp3) is 0.111. The Morgan fingerprint density at radius 2 is 2.33 bits per heavy atom. The summed E-state index contributed by atoms with van der Waals surface area (Å²) in [5.41, 5.74) is 0.692. The highest BCUT2D eigenvalue weighted by Gasteiger charge is 1.90. The van der Waals surface area contributed by atoms with Crippen molar-refractivity contribution >= 4 is 23.5 Å². The minimum absolute atomic E-state index is 0.00299. The predicted octanol–water partition coefficient (Wildman–Crippen LogP) is 2.34. The number of aromatic nitrogens is 1. The van der Waals surface area contributed by atoms with Gasteiger partial charge < -0.3 is 0 Å². The maximum atomic E-state index is 10.6. The lowest BCUT2D eigenvalue weighted by molar-refractivity contribution is -0.112. The molecule has 0 spiro atoms. The van der Waals surface area contributed by atoms with Gasteiger partial charge in [-0.1, -0.05) is 17.7 Å². The van der Waals surface area contributed by atoms with Crippen LogP contribution in [0.25, 0.3) is 6.08 Å². The number of nitrogens with zero attached hydrogens (tertiary/aromatic N) is 1. The zero-order valence-corrected chi connectivity index (χ0v) is 7.38. The van der Waals surface area contributed by atoms with Gasteiger partial charge in [0.05, 0.1) is 5.69 Å². The number of rotatable bonds is 2. The second-order valence-electron chi connectivity index (χ2n) is 2.33. The normalized spacial score (nSPS) is 10.5. The number of pyridine rings is 1. The number of hydrogen-bond acceptors (Lipinski definition) is 2. The second-order valence-corrected chi connectivity index (χ2v) is 2.72. The summed E-state index contributed by atoms with van der Waals surface area (Å²) in [6.07, 6.45) is 3.09. The van der Waals surface area contributed by atoms with Crippen molar-refractivity contribution in [3.63, 3.8) is 0 Å². The lowest BCUT2D eigenvalue weighted by Gasteiger charge is -1.91. The molecule has 2 nitrogen and oxygen atoms in total. The molecule has 0 unspecified atom stereocenters. The molecule has 0 atom stereocenters. The van der Waals surface area contributed by atoms with Gasteiger partial charge in [-0.2, -0.15) is 0 Å². The lowest BCUT2D eigenvalue weighted by Crippen LogP contribution is -1.83. The van der Waals surface area contributed by atoms with E-state index in [1.807, 2.05) is 0 Å². The molecular formula is C9H8ClNO. The fourth-order valence-corrected chi connectivity index (χ4v) is 0.890. The molecule has 0 aliphatic heterocycles. The molecule has 1 aromatic rings. The quantitative estimate of drug-likeness (QED) is 0.518. The van der Waals surface area contributed by atoms with Crippen LogP contribution in [0.15, 0.2) is 24.3 Å². The summed E-state index contributed by atoms with van der Waals surface area (Å²) < 4.78 is 0. The molecule has 1 aromatic heterocycles. The topological polar surface area (TPSA) is 30.0 Å². The first-order chi connectivity index (χ1) is 5.68. The Bertz CT molecular complexity index is 320. The van der Waals surface area contributed by atoms with Gasteiger partial charge in [-0.05, 0) is 31.2 Å². The van der Waals surface area contributed by atoms with Crippen LogP contribution < -0.4 is 0 Å². The van der Waals surface area contributed by atoms with E-state index in [0.29, 0.717) is 10.8 Å². The number of halogens is 1. The molecule has 62 valence electrons. The van der Waals surface area contributed by atoms with Crippen LogP contribution in [-0.4, -0.2) is 10.8 Å². The summed E-state index contributed by atoms with van der Waals surface area (Å²) in [5.74, 6) is -0.00299. The van der Waals surface area contributed by atoms with E-state index in [-0.39, 0.29) is 5.78 Å². The number of carbonyl (C=O) groups excluding carboxylic acids is 1. The predicted molar refractivity (Wildman–Crippen MR) is 49.0 cm³/mol. The molecule has 0 aliphatic rings. The molecule has 0 radical (unpaired) electrons. The number of ketones is 1. The van der Waals surface area contributed by atoms with Gasteiger partial charge in [0.15, 0.2) is 5.78 Å². The third-order valence-corrected chi connectivity index (χ3v) is 1.44. The van der Waals surface area contributed by atoms with Crippen molar-refractivity contribution in [3.05, 3.63) is 35.1 Å². The van der Waals surface area contributed by atoms with Crippen molar-refractivity contribution in [2.24, 2.45) is 0 Å². The smallest absolute Gasteiger partial charge is 0.152 e. The molecule has 3 heteroatoms. The second kappa shape index (κ2) is 4.02. The van der Waals surface area contributed by atoms with E-state index in [4.69, 9.17) is 11.6 Å². The van der Waals surface area contributed by atoms with Gasteiger partial charge in [0.2, 0.25) is 0 Å². The average Bonchev–Trinajstić information content (AvgIpc) is 2.01. The van der Waals surface area contributed by atoms with E-state index in [2.05, 4.69) is 4.98 Å². The van der Waals surface area contributed by atoms with Crippen LogP contribution in [0.2, 0.25) is 5.15 Å². The molecule has 0 fully saturated rings. The Hall–Kier alpha value is -1.15. The average molecular weight is 182 g/mol. The zero-order valence-electron chi connectivity index (χ0n) is 6.62. The SMILES string of the molecule is CC(=O)/C=C/c1cccc(Cl)n1. The van der Waals surface area contributed by atoms with E-state index >= 15 is 0 Å². The number of carbonyl (C=O) groups is 1. The summed E-state index contributed by atoms with van der Waals surface area (Å²) in [5, 5.41) is 0.431. The molecule has 0 aliphatic carbocycles. The van der Waals surface area contributed by atoms with Crippen molar-refractivity contribution in [2.75, 3.05) is 0 Å². The monoisotopic (exact) mass is 181 g/mol. The molecule has 1 heterocycles. The van der Waals surface area contributed by atoms with E-state index in [0.717, 1.165) is 0 Å². The molecule has 0 saturated heterocycles. The maximum Gasteiger partial charge on any atom is 0.152 e. The van der Waals surface area contributed by atoms with Crippen LogP contribution in [0.3, 0.4) is 0 Å². The molecule has 0 aromatic carbocycles. The summed E-state index contributed by atoms with van der Waals surface area (Å²) in [7, 11) is 0. The van der Waals surface area contributed by atoms with Crippen molar-refractivity contribution in [2.45, 2.75) is 6.92 Å². The van der Waals surface area contributed by atoms with Crippen LogP contribution in [0.4, 0.5) is 0 Å². The van der Waals surface area contributed by atoms with Gasteiger partial charge in [-0.3, -0.25) is 4.79 Å². The highest BCUT2D eigenvalue weighted by atomic mass is 35.5. The summed E-state index contributed by atoms with van der Waals surface area (Å²) in [4.78, 5) is 14.5. The summed E-state index contributed by atoms with van der Waals surface area (Å²) in [6, 6.07) is 5.26. The standard InChI is InChI=1S/C9H8ClNO/c1-7(12)5-6-8-3-2-4-9(10)11-8/h2-6H,1H3/b6-5+. The molecule has 0 saturated carbocycles. The first-order valence-corrected chi connectivity index (χ1v) is 3.87. The van der Waals surface area contributed by atoms with Gasteiger partial charge in [0, 0.05) is 0 Å². The Kier molecular flexibility index (Phi) is 3.00. The van der Waals surface area contributed by atoms with Crippen LogP contribution >= 0.6 is 11.6 Å².